The normalized spacial score (nSPS) is 26.2. The van der Waals surface area contributed by atoms with E-state index in [4.69, 9.17) is 4.74 Å². The zero-order chi connectivity index (χ0) is 14.8. The number of nitrogens with one attached hydrogen (secondary N) is 1. The Kier molecular flexibility index (Phi) is 4.26. The first-order valence-corrected chi connectivity index (χ1v) is 7.65. The molecular formula is C15H24N4O2. The molecule has 0 aromatic carbocycles. The summed E-state index contributed by atoms with van der Waals surface area (Å²) in [5.74, 6) is 0.529. The highest BCUT2D eigenvalue weighted by molar-refractivity contribution is 5.80. The molecule has 2 aliphatic rings. The summed E-state index contributed by atoms with van der Waals surface area (Å²) < 4.78 is 7.12. The average molecular weight is 292 g/mol. The molecule has 3 rings (SSSR count). The second-order valence-corrected chi connectivity index (χ2v) is 6.32. The minimum atomic E-state index is 0.0437. The van der Waals surface area contributed by atoms with Crippen LogP contribution in [-0.4, -0.2) is 53.4 Å². The van der Waals surface area contributed by atoms with Gasteiger partial charge in [-0.15, -0.1) is 0 Å². The Labute approximate surface area is 125 Å². The zero-order valence-electron chi connectivity index (χ0n) is 12.8. The topological polar surface area (TPSA) is 59.4 Å². The molecule has 1 saturated carbocycles. The molecule has 116 valence electrons. The van der Waals surface area contributed by atoms with E-state index in [0.29, 0.717) is 12.6 Å². The first-order chi connectivity index (χ1) is 10.2. The van der Waals surface area contributed by atoms with E-state index in [-0.39, 0.29) is 17.7 Å². The Hall–Kier alpha value is -1.40. The Morgan fingerprint density at radius 3 is 2.90 bits per heavy atom. The van der Waals surface area contributed by atoms with E-state index < -0.39 is 0 Å². The summed E-state index contributed by atoms with van der Waals surface area (Å²) in [4.78, 5) is 14.7. The summed E-state index contributed by atoms with van der Waals surface area (Å²) in [5.41, 5.74) is 1.19. The highest BCUT2D eigenvalue weighted by atomic mass is 16.5. The molecule has 6 nitrogen and oxygen atoms in total. The van der Waals surface area contributed by atoms with Gasteiger partial charge in [0.25, 0.3) is 0 Å². The highest BCUT2D eigenvalue weighted by Crippen LogP contribution is 2.27. The summed E-state index contributed by atoms with van der Waals surface area (Å²) in [6.45, 7) is 3.21. The summed E-state index contributed by atoms with van der Waals surface area (Å²) in [7, 11) is 3.63. The van der Waals surface area contributed by atoms with Crippen LogP contribution in [0, 0.1) is 11.8 Å². The van der Waals surface area contributed by atoms with Crippen molar-refractivity contribution in [3.63, 3.8) is 0 Å². The summed E-state index contributed by atoms with van der Waals surface area (Å²) >= 11 is 0. The van der Waals surface area contributed by atoms with Gasteiger partial charge in [0.1, 0.15) is 0 Å². The molecule has 1 N–H and O–H groups in total. The first-order valence-electron chi connectivity index (χ1n) is 7.65. The predicted molar refractivity (Wildman–Crippen MR) is 78.5 cm³/mol. The highest BCUT2D eigenvalue weighted by Gasteiger charge is 2.39. The fraction of sp³-hybridized carbons (Fsp3) is 0.733. The number of aryl methyl sites for hydroxylation is 1. The van der Waals surface area contributed by atoms with Gasteiger partial charge in [-0.3, -0.25) is 14.4 Å². The standard InChI is InChI=1S/C15H24N4O2/c1-18-6-11(5-16-18)7-19-8-12(10-21-2)14(9-19)15(20)17-13-3-4-13/h5-6,12-14H,3-4,7-10H2,1-2H3,(H,17,20)/t12-,14+/m0/s1. The van der Waals surface area contributed by atoms with E-state index in [2.05, 4.69) is 15.3 Å². The van der Waals surface area contributed by atoms with E-state index in [1.807, 2.05) is 24.1 Å². The first kappa shape index (κ1) is 14.5. The van der Waals surface area contributed by atoms with Crippen molar-refractivity contribution in [2.75, 3.05) is 26.8 Å². The van der Waals surface area contributed by atoms with E-state index in [1.165, 1.54) is 5.56 Å². The molecule has 2 heterocycles. The van der Waals surface area contributed by atoms with Crippen molar-refractivity contribution in [1.82, 2.24) is 20.0 Å². The van der Waals surface area contributed by atoms with Crippen molar-refractivity contribution in [1.29, 1.82) is 0 Å². The minimum absolute atomic E-state index is 0.0437. The van der Waals surface area contributed by atoms with Crippen LogP contribution in [0.3, 0.4) is 0 Å². The number of aromatic nitrogens is 2. The van der Waals surface area contributed by atoms with Crippen molar-refractivity contribution >= 4 is 5.91 Å². The van der Waals surface area contributed by atoms with Crippen LogP contribution in [-0.2, 0) is 23.1 Å². The molecule has 1 aliphatic carbocycles. The number of likely N-dealkylation sites (tertiary alicyclic amines) is 1. The SMILES string of the molecule is COC[C@@H]1CN(Cc2cnn(C)c2)C[C@H]1C(=O)NC1CC1. The van der Waals surface area contributed by atoms with Gasteiger partial charge in [-0.05, 0) is 12.8 Å². The van der Waals surface area contributed by atoms with Crippen LogP contribution < -0.4 is 5.32 Å². The van der Waals surface area contributed by atoms with Crippen LogP contribution in [0.5, 0.6) is 0 Å². The third kappa shape index (κ3) is 3.63. The van der Waals surface area contributed by atoms with Gasteiger partial charge in [0.15, 0.2) is 0 Å². The monoisotopic (exact) mass is 292 g/mol. The number of hydrogen-bond donors (Lipinski definition) is 1. The Morgan fingerprint density at radius 2 is 2.29 bits per heavy atom. The quantitative estimate of drug-likeness (QED) is 0.824. The Morgan fingerprint density at radius 1 is 1.48 bits per heavy atom. The van der Waals surface area contributed by atoms with E-state index in [1.54, 1.807) is 7.11 Å². The van der Waals surface area contributed by atoms with E-state index in [0.717, 1.165) is 32.5 Å². The van der Waals surface area contributed by atoms with Gasteiger partial charge in [0.2, 0.25) is 5.91 Å². The number of methoxy groups -OCH3 is 1. The largest absolute Gasteiger partial charge is 0.384 e. The fourth-order valence-corrected chi connectivity index (χ4v) is 3.12. The van der Waals surface area contributed by atoms with E-state index >= 15 is 0 Å². The molecule has 1 aromatic rings. The number of hydrogen-bond acceptors (Lipinski definition) is 4. The summed E-state index contributed by atoms with van der Waals surface area (Å²) in [5, 5.41) is 7.34. The molecule has 0 unspecified atom stereocenters. The van der Waals surface area contributed by atoms with Crippen molar-refractivity contribution in [2.45, 2.75) is 25.4 Å². The third-order valence-corrected chi connectivity index (χ3v) is 4.32. The molecule has 0 radical (unpaired) electrons. The number of rotatable bonds is 6. The Balaban J connectivity index is 1.60. The van der Waals surface area contributed by atoms with Gasteiger partial charge in [0, 0.05) is 57.5 Å². The van der Waals surface area contributed by atoms with Crippen LogP contribution in [0.4, 0.5) is 0 Å². The van der Waals surface area contributed by atoms with Crippen LogP contribution in [0.2, 0.25) is 0 Å². The maximum Gasteiger partial charge on any atom is 0.225 e. The van der Waals surface area contributed by atoms with Crippen molar-refractivity contribution < 1.29 is 9.53 Å². The fourth-order valence-electron chi connectivity index (χ4n) is 3.12. The maximum atomic E-state index is 12.4. The summed E-state index contributed by atoms with van der Waals surface area (Å²) in [6.07, 6.45) is 6.19. The Bertz CT molecular complexity index is 498. The molecule has 21 heavy (non-hydrogen) atoms. The molecule has 0 bridgehead atoms. The second-order valence-electron chi connectivity index (χ2n) is 6.32. The van der Waals surface area contributed by atoms with Gasteiger partial charge in [-0.2, -0.15) is 5.10 Å². The van der Waals surface area contributed by atoms with Crippen LogP contribution in [0.15, 0.2) is 12.4 Å². The molecule has 1 saturated heterocycles. The smallest absolute Gasteiger partial charge is 0.225 e. The maximum absolute atomic E-state index is 12.4. The number of ether oxygens (including phenoxy) is 1. The molecule has 1 aliphatic heterocycles. The van der Waals surface area contributed by atoms with E-state index in [9.17, 15) is 4.79 Å². The second kappa shape index (κ2) is 6.15. The molecule has 2 fully saturated rings. The number of carbonyl (C=O) groups is 1. The number of amides is 1. The lowest BCUT2D eigenvalue weighted by Gasteiger charge is -2.16. The van der Waals surface area contributed by atoms with Crippen LogP contribution in [0.25, 0.3) is 0 Å². The minimum Gasteiger partial charge on any atom is -0.384 e. The van der Waals surface area contributed by atoms with Crippen molar-refractivity contribution in [3.8, 4) is 0 Å². The lowest BCUT2D eigenvalue weighted by Crippen LogP contribution is -2.37. The summed E-state index contributed by atoms with van der Waals surface area (Å²) in [6, 6.07) is 0.424. The lowest BCUT2D eigenvalue weighted by atomic mass is 9.96. The number of carbonyl (C=O) groups excluding carboxylic acids is 1. The predicted octanol–water partition coefficient (Wildman–Crippen LogP) is 0.393. The van der Waals surface area contributed by atoms with Crippen molar-refractivity contribution in [2.24, 2.45) is 18.9 Å². The zero-order valence-corrected chi connectivity index (χ0v) is 12.8. The molecule has 1 amide bonds. The lowest BCUT2D eigenvalue weighted by molar-refractivity contribution is -0.126. The average Bonchev–Trinajstić information content (AvgIpc) is 3.02. The van der Waals surface area contributed by atoms with Gasteiger partial charge >= 0.3 is 0 Å². The van der Waals surface area contributed by atoms with Gasteiger partial charge in [0.05, 0.1) is 18.7 Å². The van der Waals surface area contributed by atoms with Crippen molar-refractivity contribution in [3.05, 3.63) is 18.0 Å². The molecule has 0 spiro atoms. The van der Waals surface area contributed by atoms with Gasteiger partial charge < -0.3 is 10.1 Å². The van der Waals surface area contributed by atoms with Gasteiger partial charge in [-0.25, -0.2) is 0 Å². The third-order valence-electron chi connectivity index (χ3n) is 4.32. The van der Waals surface area contributed by atoms with Crippen LogP contribution >= 0.6 is 0 Å². The molecule has 6 heteroatoms. The van der Waals surface area contributed by atoms with Crippen LogP contribution in [0.1, 0.15) is 18.4 Å². The van der Waals surface area contributed by atoms with Gasteiger partial charge in [-0.1, -0.05) is 0 Å². The molecule has 1 aromatic heterocycles. The molecular weight excluding hydrogens is 268 g/mol. The number of nitrogens with zero attached hydrogens (tertiary/aromatic N) is 3. The molecule has 2 atom stereocenters.